The average molecular weight is 380 g/mol. The SMILES string of the molecule is C[C@H]1CC/C=C/CC/C=C/CC[C@H]1CC(=O)Nc1ccc(Cl)c(Cl)c1. The van der Waals surface area contributed by atoms with Crippen molar-refractivity contribution in [1.82, 2.24) is 0 Å². The first-order chi connectivity index (χ1) is 12.1. The second-order valence-electron chi connectivity index (χ2n) is 6.79. The molecule has 1 N–H and O–H groups in total. The number of nitrogens with one attached hydrogen (secondary N) is 1. The highest BCUT2D eigenvalue weighted by Gasteiger charge is 2.20. The third-order valence-corrected chi connectivity index (χ3v) is 5.52. The highest BCUT2D eigenvalue weighted by Crippen LogP contribution is 2.28. The van der Waals surface area contributed by atoms with E-state index in [9.17, 15) is 4.79 Å². The van der Waals surface area contributed by atoms with Gasteiger partial charge in [-0.1, -0.05) is 54.4 Å². The maximum Gasteiger partial charge on any atom is 0.224 e. The van der Waals surface area contributed by atoms with Crippen molar-refractivity contribution in [3.05, 3.63) is 52.5 Å². The number of hydrogen-bond donors (Lipinski definition) is 1. The zero-order valence-corrected chi connectivity index (χ0v) is 16.3. The number of carbonyl (C=O) groups excluding carboxylic acids is 1. The monoisotopic (exact) mass is 379 g/mol. The van der Waals surface area contributed by atoms with Gasteiger partial charge in [0.05, 0.1) is 10.0 Å². The number of benzene rings is 1. The van der Waals surface area contributed by atoms with Crippen LogP contribution in [0.1, 0.15) is 51.9 Å². The minimum Gasteiger partial charge on any atom is -0.326 e. The molecule has 0 saturated heterocycles. The summed E-state index contributed by atoms with van der Waals surface area (Å²) < 4.78 is 0. The zero-order chi connectivity index (χ0) is 18.1. The molecule has 0 heterocycles. The summed E-state index contributed by atoms with van der Waals surface area (Å²) in [6, 6.07) is 5.18. The van der Waals surface area contributed by atoms with Gasteiger partial charge in [-0.2, -0.15) is 0 Å². The third kappa shape index (κ3) is 7.25. The first kappa shape index (κ1) is 20.1. The molecule has 2 atom stereocenters. The molecule has 1 aromatic rings. The van der Waals surface area contributed by atoms with Crippen LogP contribution >= 0.6 is 23.2 Å². The molecule has 4 heteroatoms. The number of amides is 1. The normalized spacial score (nSPS) is 24.6. The molecule has 1 aliphatic rings. The Balaban J connectivity index is 1.95. The highest BCUT2D eigenvalue weighted by atomic mass is 35.5. The van der Waals surface area contributed by atoms with Gasteiger partial charge in [-0.3, -0.25) is 4.79 Å². The maximum absolute atomic E-state index is 12.5. The predicted molar refractivity (Wildman–Crippen MR) is 108 cm³/mol. The lowest BCUT2D eigenvalue weighted by Crippen LogP contribution is -2.21. The maximum atomic E-state index is 12.5. The van der Waals surface area contributed by atoms with Gasteiger partial charge < -0.3 is 5.32 Å². The lowest BCUT2D eigenvalue weighted by molar-refractivity contribution is -0.117. The van der Waals surface area contributed by atoms with E-state index in [4.69, 9.17) is 23.2 Å². The van der Waals surface area contributed by atoms with Gasteiger partial charge in [-0.05, 0) is 68.6 Å². The van der Waals surface area contributed by atoms with Crippen LogP contribution in [-0.2, 0) is 4.79 Å². The third-order valence-electron chi connectivity index (χ3n) is 4.78. The molecule has 1 aliphatic carbocycles. The summed E-state index contributed by atoms with van der Waals surface area (Å²) in [5, 5.41) is 3.90. The first-order valence-electron chi connectivity index (χ1n) is 9.11. The topological polar surface area (TPSA) is 29.1 Å². The van der Waals surface area contributed by atoms with E-state index < -0.39 is 0 Å². The minimum absolute atomic E-state index is 0.0434. The van der Waals surface area contributed by atoms with E-state index in [1.165, 1.54) is 0 Å². The van der Waals surface area contributed by atoms with Crippen molar-refractivity contribution in [2.45, 2.75) is 51.9 Å². The predicted octanol–water partition coefficient (Wildman–Crippen LogP) is 7.04. The van der Waals surface area contributed by atoms with Gasteiger partial charge in [0.15, 0.2) is 0 Å². The van der Waals surface area contributed by atoms with Gasteiger partial charge in [-0.25, -0.2) is 0 Å². The number of halogens is 2. The summed E-state index contributed by atoms with van der Waals surface area (Å²) in [6.45, 7) is 2.26. The van der Waals surface area contributed by atoms with Crippen LogP contribution in [0.4, 0.5) is 5.69 Å². The molecule has 0 unspecified atom stereocenters. The fraction of sp³-hybridized carbons (Fsp3) is 0.476. The average Bonchev–Trinajstić information content (AvgIpc) is 2.57. The van der Waals surface area contributed by atoms with Gasteiger partial charge in [0.25, 0.3) is 0 Å². The number of allylic oxidation sites excluding steroid dienone is 4. The Morgan fingerprint density at radius 3 is 2.32 bits per heavy atom. The number of anilines is 1. The molecule has 0 fully saturated rings. The fourth-order valence-corrected chi connectivity index (χ4v) is 3.48. The van der Waals surface area contributed by atoms with E-state index in [1.54, 1.807) is 18.2 Å². The Bertz CT molecular complexity index is 624. The Hall–Kier alpha value is -1.25. The van der Waals surface area contributed by atoms with Crippen LogP contribution in [0.5, 0.6) is 0 Å². The van der Waals surface area contributed by atoms with Crippen molar-refractivity contribution < 1.29 is 4.79 Å². The molecule has 0 aromatic heterocycles. The number of hydrogen-bond acceptors (Lipinski definition) is 1. The van der Waals surface area contributed by atoms with Crippen molar-refractivity contribution in [2.75, 3.05) is 5.32 Å². The Morgan fingerprint density at radius 1 is 1.00 bits per heavy atom. The summed E-state index contributed by atoms with van der Waals surface area (Å²) >= 11 is 11.9. The van der Waals surface area contributed by atoms with Gasteiger partial charge in [0, 0.05) is 12.1 Å². The van der Waals surface area contributed by atoms with Crippen molar-refractivity contribution in [3.8, 4) is 0 Å². The van der Waals surface area contributed by atoms with Crippen molar-refractivity contribution in [3.63, 3.8) is 0 Å². The quantitative estimate of drug-likeness (QED) is 0.560. The van der Waals surface area contributed by atoms with Gasteiger partial charge in [-0.15, -0.1) is 0 Å². The molecular weight excluding hydrogens is 353 g/mol. The Kier molecular flexibility index (Phi) is 8.57. The molecule has 1 aromatic carbocycles. The standard InChI is InChI=1S/C21H27Cl2NO/c1-16-10-8-6-4-2-3-5-7-9-11-17(16)14-21(25)24-18-12-13-19(22)20(23)15-18/h4-7,12-13,15-17H,2-3,8-11,14H2,1H3,(H,24,25)/b6-4+,7-5+/t16-,17-/m0/s1. The summed E-state index contributed by atoms with van der Waals surface area (Å²) in [5.41, 5.74) is 0.697. The van der Waals surface area contributed by atoms with Gasteiger partial charge in [0.2, 0.25) is 5.91 Å². The molecule has 0 aliphatic heterocycles. The van der Waals surface area contributed by atoms with E-state index in [2.05, 4.69) is 36.5 Å². The summed E-state index contributed by atoms with van der Waals surface area (Å²) in [7, 11) is 0. The lowest BCUT2D eigenvalue weighted by atomic mass is 9.83. The Labute approximate surface area is 161 Å². The van der Waals surface area contributed by atoms with Crippen LogP contribution in [0.25, 0.3) is 0 Å². The molecule has 0 spiro atoms. The molecule has 25 heavy (non-hydrogen) atoms. The molecule has 1 amide bonds. The summed E-state index contributed by atoms with van der Waals surface area (Å²) in [6.07, 6.45) is 16.1. The molecule has 2 rings (SSSR count). The van der Waals surface area contributed by atoms with E-state index in [1.807, 2.05) is 0 Å². The van der Waals surface area contributed by atoms with E-state index >= 15 is 0 Å². The van der Waals surface area contributed by atoms with Crippen molar-refractivity contribution in [2.24, 2.45) is 11.8 Å². The summed E-state index contributed by atoms with van der Waals surface area (Å²) in [5.74, 6) is 0.958. The number of rotatable bonds is 3. The molecule has 2 nitrogen and oxygen atoms in total. The minimum atomic E-state index is 0.0434. The van der Waals surface area contributed by atoms with E-state index in [0.29, 0.717) is 34.0 Å². The zero-order valence-electron chi connectivity index (χ0n) is 14.8. The van der Waals surface area contributed by atoms with Crippen LogP contribution in [0.15, 0.2) is 42.5 Å². The lowest BCUT2D eigenvalue weighted by Gasteiger charge is -2.23. The molecule has 136 valence electrons. The van der Waals surface area contributed by atoms with Crippen LogP contribution < -0.4 is 5.32 Å². The van der Waals surface area contributed by atoms with Crippen molar-refractivity contribution in [1.29, 1.82) is 0 Å². The highest BCUT2D eigenvalue weighted by molar-refractivity contribution is 6.42. The Morgan fingerprint density at radius 2 is 1.64 bits per heavy atom. The van der Waals surface area contributed by atoms with Gasteiger partial charge >= 0.3 is 0 Å². The number of carbonyl (C=O) groups is 1. The van der Waals surface area contributed by atoms with E-state index in [-0.39, 0.29) is 5.91 Å². The second-order valence-corrected chi connectivity index (χ2v) is 7.61. The fourth-order valence-electron chi connectivity index (χ4n) is 3.18. The van der Waals surface area contributed by atoms with E-state index in [0.717, 1.165) is 38.5 Å². The first-order valence-corrected chi connectivity index (χ1v) is 9.86. The van der Waals surface area contributed by atoms with Crippen LogP contribution in [0.2, 0.25) is 10.0 Å². The van der Waals surface area contributed by atoms with Crippen molar-refractivity contribution >= 4 is 34.8 Å². The molecular formula is C21H27Cl2NO. The largest absolute Gasteiger partial charge is 0.326 e. The molecule has 0 bridgehead atoms. The van der Waals surface area contributed by atoms with Crippen LogP contribution in [0, 0.1) is 11.8 Å². The van der Waals surface area contributed by atoms with Crippen LogP contribution in [0.3, 0.4) is 0 Å². The summed E-state index contributed by atoms with van der Waals surface area (Å²) in [4.78, 5) is 12.5. The van der Waals surface area contributed by atoms with Crippen LogP contribution in [-0.4, -0.2) is 5.91 Å². The van der Waals surface area contributed by atoms with Gasteiger partial charge in [0.1, 0.15) is 0 Å². The molecule has 0 saturated carbocycles. The second kappa shape index (κ2) is 10.7. The molecule has 0 radical (unpaired) electrons. The smallest absolute Gasteiger partial charge is 0.224 e.